The van der Waals surface area contributed by atoms with Gasteiger partial charge in [0.15, 0.2) is 5.82 Å². The fourth-order valence-corrected chi connectivity index (χ4v) is 2.84. The van der Waals surface area contributed by atoms with Gasteiger partial charge in [-0.25, -0.2) is 9.97 Å². The number of amides is 1. The number of H-pyrrole nitrogens is 1. The van der Waals surface area contributed by atoms with Crippen LogP contribution in [0.3, 0.4) is 0 Å². The fraction of sp³-hybridized carbons (Fsp3) is 0.267. The van der Waals surface area contributed by atoms with E-state index >= 15 is 0 Å². The molecule has 2 heterocycles. The van der Waals surface area contributed by atoms with E-state index in [1.807, 2.05) is 6.92 Å². The molecule has 0 atom stereocenters. The number of benzene rings is 1. The third-order valence-corrected chi connectivity index (χ3v) is 4.43. The predicted molar refractivity (Wildman–Crippen MR) is 92.6 cm³/mol. The summed E-state index contributed by atoms with van der Waals surface area (Å²) in [7, 11) is 0. The third kappa shape index (κ3) is 2.80. The van der Waals surface area contributed by atoms with E-state index < -0.39 is 0 Å². The third-order valence-electron chi connectivity index (χ3n) is 3.71. The van der Waals surface area contributed by atoms with Gasteiger partial charge in [0.05, 0.1) is 27.6 Å². The van der Waals surface area contributed by atoms with E-state index in [1.165, 1.54) is 6.92 Å². The van der Waals surface area contributed by atoms with Gasteiger partial charge in [-0.05, 0) is 19.1 Å². The number of nitrogens with two attached hydrogens (primary N) is 1. The summed E-state index contributed by atoms with van der Waals surface area (Å²) in [5.74, 6) is 0.933. The van der Waals surface area contributed by atoms with Crippen molar-refractivity contribution in [2.24, 2.45) is 0 Å². The zero-order chi connectivity index (χ0) is 16.7. The van der Waals surface area contributed by atoms with E-state index in [2.05, 4.69) is 15.0 Å². The lowest BCUT2D eigenvalue weighted by molar-refractivity contribution is -0.129. The molecule has 23 heavy (non-hydrogen) atoms. The van der Waals surface area contributed by atoms with Gasteiger partial charge in [-0.3, -0.25) is 4.79 Å². The van der Waals surface area contributed by atoms with Crippen LogP contribution in [0.2, 0.25) is 10.0 Å². The van der Waals surface area contributed by atoms with E-state index in [-0.39, 0.29) is 5.91 Å². The normalized spacial score (nSPS) is 11.3. The van der Waals surface area contributed by atoms with Crippen molar-refractivity contribution in [1.82, 2.24) is 19.9 Å². The zero-order valence-corrected chi connectivity index (χ0v) is 14.2. The van der Waals surface area contributed by atoms with Crippen LogP contribution in [-0.2, 0) is 11.3 Å². The van der Waals surface area contributed by atoms with E-state index in [4.69, 9.17) is 28.9 Å². The molecule has 0 aliphatic carbocycles. The molecule has 3 N–H and O–H groups in total. The smallest absolute Gasteiger partial charge is 0.219 e. The lowest BCUT2D eigenvalue weighted by Crippen LogP contribution is -2.28. The van der Waals surface area contributed by atoms with Gasteiger partial charge in [0.2, 0.25) is 5.91 Å². The van der Waals surface area contributed by atoms with Crippen molar-refractivity contribution in [3.8, 4) is 0 Å². The molecular weight excluding hydrogens is 337 g/mol. The molecule has 1 amide bonds. The van der Waals surface area contributed by atoms with Crippen LogP contribution in [0, 0.1) is 0 Å². The van der Waals surface area contributed by atoms with Crippen molar-refractivity contribution in [2.45, 2.75) is 20.4 Å². The molecule has 1 aromatic carbocycles. The van der Waals surface area contributed by atoms with Crippen LogP contribution >= 0.6 is 23.2 Å². The highest BCUT2D eigenvalue weighted by molar-refractivity contribution is 6.43. The summed E-state index contributed by atoms with van der Waals surface area (Å²) in [6, 6.07) is 3.40. The molecule has 0 aliphatic rings. The number of carbonyl (C=O) groups is 1. The summed E-state index contributed by atoms with van der Waals surface area (Å²) in [6.07, 6.45) is 0. The first kappa shape index (κ1) is 15.8. The second-order valence-electron chi connectivity index (χ2n) is 5.22. The number of halogens is 2. The highest BCUT2D eigenvalue weighted by Crippen LogP contribution is 2.32. The van der Waals surface area contributed by atoms with Crippen LogP contribution < -0.4 is 5.73 Å². The second kappa shape index (κ2) is 5.86. The Hall–Kier alpha value is -2.05. The molecule has 0 fully saturated rings. The summed E-state index contributed by atoms with van der Waals surface area (Å²) in [4.78, 5) is 25.3. The number of imidazole rings is 1. The minimum atomic E-state index is -0.0151. The van der Waals surface area contributed by atoms with Gasteiger partial charge in [-0.1, -0.05) is 23.2 Å². The van der Waals surface area contributed by atoms with E-state index in [9.17, 15) is 4.79 Å². The Labute approximate surface area is 142 Å². The number of anilines is 1. The van der Waals surface area contributed by atoms with Crippen LogP contribution in [0.1, 0.15) is 19.7 Å². The van der Waals surface area contributed by atoms with Crippen molar-refractivity contribution < 1.29 is 4.79 Å². The standard InChI is InChI=1S/C15H15Cl2N5O/c1-3-22(7(2)23)6-12-20-13-8-4-9(16)10(17)5-11(8)19-15(18)14(13)21-12/h4-5H,3,6H2,1-2H3,(H2,18,19)(H,20,21). The lowest BCUT2D eigenvalue weighted by Gasteiger charge is -2.16. The molecule has 0 radical (unpaired) electrons. The average Bonchev–Trinajstić information content (AvgIpc) is 2.91. The number of nitrogens with zero attached hydrogens (tertiary/aromatic N) is 3. The SMILES string of the molecule is CCN(Cc1nc2c(N)nc3cc(Cl)c(Cl)cc3c2[nH]1)C(C)=O. The van der Waals surface area contributed by atoms with Crippen molar-refractivity contribution in [3.63, 3.8) is 0 Å². The summed E-state index contributed by atoms with van der Waals surface area (Å²) in [5.41, 5.74) is 7.93. The van der Waals surface area contributed by atoms with Crippen LogP contribution in [-0.4, -0.2) is 32.3 Å². The number of pyridine rings is 1. The minimum absolute atomic E-state index is 0.0151. The summed E-state index contributed by atoms with van der Waals surface area (Å²) >= 11 is 12.1. The summed E-state index contributed by atoms with van der Waals surface area (Å²) in [5, 5.41) is 1.63. The zero-order valence-electron chi connectivity index (χ0n) is 12.7. The number of aromatic amines is 1. The topological polar surface area (TPSA) is 87.9 Å². The Morgan fingerprint density at radius 1 is 1.30 bits per heavy atom. The first-order valence-electron chi connectivity index (χ1n) is 7.09. The van der Waals surface area contributed by atoms with Crippen molar-refractivity contribution in [1.29, 1.82) is 0 Å². The van der Waals surface area contributed by atoms with E-state index in [1.54, 1.807) is 17.0 Å². The van der Waals surface area contributed by atoms with Crippen LogP contribution in [0.5, 0.6) is 0 Å². The molecule has 0 saturated carbocycles. The second-order valence-corrected chi connectivity index (χ2v) is 6.04. The molecule has 2 aromatic heterocycles. The van der Waals surface area contributed by atoms with Crippen LogP contribution in [0.4, 0.5) is 5.82 Å². The molecule has 0 aliphatic heterocycles. The quantitative estimate of drug-likeness (QED) is 0.757. The molecule has 120 valence electrons. The monoisotopic (exact) mass is 351 g/mol. The first-order valence-corrected chi connectivity index (χ1v) is 7.84. The van der Waals surface area contributed by atoms with E-state index in [0.29, 0.717) is 45.8 Å². The Balaban J connectivity index is 2.18. The van der Waals surface area contributed by atoms with Crippen molar-refractivity contribution in [3.05, 3.63) is 28.0 Å². The van der Waals surface area contributed by atoms with Crippen molar-refractivity contribution >= 4 is 56.9 Å². The number of nitrogens with one attached hydrogen (secondary N) is 1. The molecule has 3 rings (SSSR count). The molecule has 0 unspecified atom stereocenters. The van der Waals surface area contributed by atoms with Gasteiger partial charge < -0.3 is 15.6 Å². The maximum absolute atomic E-state index is 11.6. The minimum Gasteiger partial charge on any atom is -0.382 e. The predicted octanol–water partition coefficient (Wildman–Crippen LogP) is 3.37. The van der Waals surface area contributed by atoms with Gasteiger partial charge in [-0.2, -0.15) is 0 Å². The number of carbonyl (C=O) groups excluding carboxylic acids is 1. The number of rotatable bonds is 3. The molecular formula is C15H15Cl2N5O. The van der Waals surface area contributed by atoms with Gasteiger partial charge in [-0.15, -0.1) is 0 Å². The van der Waals surface area contributed by atoms with Crippen LogP contribution in [0.15, 0.2) is 12.1 Å². The first-order chi connectivity index (χ1) is 10.9. The number of nitrogen functional groups attached to an aromatic ring is 1. The molecule has 3 aromatic rings. The Morgan fingerprint density at radius 3 is 2.65 bits per heavy atom. The number of hydrogen-bond acceptors (Lipinski definition) is 4. The molecule has 8 heteroatoms. The maximum Gasteiger partial charge on any atom is 0.219 e. The number of aromatic nitrogens is 3. The van der Waals surface area contributed by atoms with Gasteiger partial charge in [0, 0.05) is 18.9 Å². The van der Waals surface area contributed by atoms with Crippen LogP contribution in [0.25, 0.3) is 21.9 Å². The highest BCUT2D eigenvalue weighted by atomic mass is 35.5. The van der Waals surface area contributed by atoms with E-state index in [0.717, 1.165) is 10.9 Å². The van der Waals surface area contributed by atoms with Gasteiger partial charge in [0.1, 0.15) is 11.3 Å². The Morgan fingerprint density at radius 2 is 2.00 bits per heavy atom. The van der Waals surface area contributed by atoms with Gasteiger partial charge >= 0.3 is 0 Å². The summed E-state index contributed by atoms with van der Waals surface area (Å²) in [6.45, 7) is 4.42. The number of hydrogen-bond donors (Lipinski definition) is 2. The lowest BCUT2D eigenvalue weighted by atomic mass is 10.2. The average molecular weight is 352 g/mol. The fourth-order valence-electron chi connectivity index (χ4n) is 2.52. The molecule has 0 spiro atoms. The van der Waals surface area contributed by atoms with Gasteiger partial charge in [0.25, 0.3) is 0 Å². The molecule has 6 nitrogen and oxygen atoms in total. The number of fused-ring (bicyclic) bond motifs is 3. The Kier molecular flexibility index (Phi) is 4.04. The largest absolute Gasteiger partial charge is 0.382 e. The Bertz CT molecular complexity index is 921. The molecule has 0 bridgehead atoms. The van der Waals surface area contributed by atoms with Crippen molar-refractivity contribution in [2.75, 3.05) is 12.3 Å². The summed E-state index contributed by atoms with van der Waals surface area (Å²) < 4.78 is 0. The maximum atomic E-state index is 11.6. The highest BCUT2D eigenvalue weighted by Gasteiger charge is 2.15. The molecule has 0 saturated heterocycles.